The van der Waals surface area contributed by atoms with Crippen molar-refractivity contribution in [2.45, 2.75) is 6.10 Å². The highest BCUT2D eigenvalue weighted by atomic mass is 16.5. The number of esters is 1. The van der Waals surface area contributed by atoms with Crippen LogP contribution in [0, 0.1) is 11.8 Å². The fourth-order valence-electron chi connectivity index (χ4n) is 2.00. The molecule has 0 bridgehead atoms. The number of carbonyl (C=O) groups is 1. The number of hydrogen-bond acceptors (Lipinski definition) is 4. The third kappa shape index (κ3) is 1.11. The largest absolute Gasteiger partial charge is 0.469 e. The van der Waals surface area contributed by atoms with Crippen molar-refractivity contribution in [2.75, 3.05) is 26.8 Å². The molecule has 0 spiro atoms. The van der Waals surface area contributed by atoms with Crippen molar-refractivity contribution in [1.29, 1.82) is 0 Å². The summed E-state index contributed by atoms with van der Waals surface area (Å²) >= 11 is 0. The van der Waals surface area contributed by atoms with Crippen molar-refractivity contribution in [3.05, 3.63) is 0 Å². The van der Waals surface area contributed by atoms with Gasteiger partial charge < -0.3 is 14.8 Å². The van der Waals surface area contributed by atoms with Crippen LogP contribution in [-0.2, 0) is 14.3 Å². The smallest absolute Gasteiger partial charge is 0.311 e. The lowest BCUT2D eigenvalue weighted by molar-refractivity contribution is -0.146. The van der Waals surface area contributed by atoms with E-state index in [1.807, 2.05) is 0 Å². The third-order valence-electron chi connectivity index (χ3n) is 2.71. The molecule has 0 saturated carbocycles. The highest BCUT2D eigenvalue weighted by molar-refractivity contribution is 5.73. The predicted octanol–water partition coefficient (Wildman–Crippen LogP) is -0.606. The molecule has 2 aliphatic heterocycles. The van der Waals surface area contributed by atoms with E-state index in [0.717, 1.165) is 13.1 Å². The van der Waals surface area contributed by atoms with Gasteiger partial charge in [-0.15, -0.1) is 0 Å². The van der Waals surface area contributed by atoms with E-state index in [-0.39, 0.29) is 18.0 Å². The molecule has 2 rings (SSSR count). The molecule has 3 atom stereocenters. The van der Waals surface area contributed by atoms with Crippen LogP contribution in [-0.4, -0.2) is 38.9 Å². The molecule has 2 heterocycles. The number of carbonyl (C=O) groups excluding carboxylic acids is 1. The normalized spacial score (nSPS) is 39.6. The summed E-state index contributed by atoms with van der Waals surface area (Å²) in [6, 6.07) is 0. The second kappa shape index (κ2) is 3.03. The molecule has 12 heavy (non-hydrogen) atoms. The van der Waals surface area contributed by atoms with Gasteiger partial charge in [0.2, 0.25) is 0 Å². The zero-order valence-corrected chi connectivity index (χ0v) is 7.08. The first-order valence-electron chi connectivity index (χ1n) is 4.23. The predicted molar refractivity (Wildman–Crippen MR) is 41.6 cm³/mol. The summed E-state index contributed by atoms with van der Waals surface area (Å²) in [5.41, 5.74) is 0. The number of rotatable bonds is 1. The fraction of sp³-hybridized carbons (Fsp3) is 0.875. The second-order valence-corrected chi connectivity index (χ2v) is 3.32. The summed E-state index contributed by atoms with van der Waals surface area (Å²) < 4.78 is 10.1. The molecule has 4 heteroatoms. The summed E-state index contributed by atoms with van der Waals surface area (Å²) in [7, 11) is 1.43. The third-order valence-corrected chi connectivity index (χ3v) is 2.71. The maximum absolute atomic E-state index is 11.2. The Morgan fingerprint density at radius 2 is 2.42 bits per heavy atom. The van der Waals surface area contributed by atoms with Crippen molar-refractivity contribution >= 4 is 5.97 Å². The zero-order chi connectivity index (χ0) is 8.55. The van der Waals surface area contributed by atoms with E-state index in [9.17, 15) is 4.79 Å². The molecule has 4 nitrogen and oxygen atoms in total. The van der Waals surface area contributed by atoms with Crippen LogP contribution in [0.2, 0.25) is 0 Å². The molecular formula is C8H13NO3. The quantitative estimate of drug-likeness (QED) is 0.535. The average molecular weight is 171 g/mol. The molecular weight excluding hydrogens is 158 g/mol. The Hall–Kier alpha value is -0.610. The van der Waals surface area contributed by atoms with Crippen molar-refractivity contribution < 1.29 is 14.3 Å². The van der Waals surface area contributed by atoms with E-state index in [1.165, 1.54) is 7.11 Å². The molecule has 2 aliphatic rings. The number of fused-ring (bicyclic) bond motifs is 1. The van der Waals surface area contributed by atoms with Gasteiger partial charge >= 0.3 is 5.97 Å². The van der Waals surface area contributed by atoms with E-state index in [0.29, 0.717) is 12.5 Å². The Kier molecular flexibility index (Phi) is 2.02. The molecule has 0 aliphatic carbocycles. The van der Waals surface area contributed by atoms with Crippen LogP contribution in [0.25, 0.3) is 0 Å². The molecule has 0 aromatic rings. The molecule has 0 amide bonds. The van der Waals surface area contributed by atoms with E-state index >= 15 is 0 Å². The molecule has 2 fully saturated rings. The van der Waals surface area contributed by atoms with Crippen LogP contribution < -0.4 is 5.32 Å². The van der Waals surface area contributed by atoms with E-state index < -0.39 is 0 Å². The van der Waals surface area contributed by atoms with Gasteiger partial charge in [-0.25, -0.2) is 0 Å². The second-order valence-electron chi connectivity index (χ2n) is 3.32. The lowest BCUT2D eigenvalue weighted by Gasteiger charge is -2.11. The molecule has 1 N–H and O–H groups in total. The summed E-state index contributed by atoms with van der Waals surface area (Å²) in [5.74, 6) is 0.152. The van der Waals surface area contributed by atoms with Crippen molar-refractivity contribution in [3.8, 4) is 0 Å². The minimum Gasteiger partial charge on any atom is -0.469 e. The average Bonchev–Trinajstić information content (AvgIpc) is 2.62. The molecule has 0 radical (unpaired) electrons. The Morgan fingerprint density at radius 1 is 1.58 bits per heavy atom. The molecule has 0 unspecified atom stereocenters. The highest BCUT2D eigenvalue weighted by Gasteiger charge is 2.44. The monoisotopic (exact) mass is 171 g/mol. The molecule has 0 aromatic carbocycles. The maximum atomic E-state index is 11.2. The molecule has 68 valence electrons. The maximum Gasteiger partial charge on any atom is 0.311 e. The van der Waals surface area contributed by atoms with Crippen LogP contribution in [0.3, 0.4) is 0 Å². The van der Waals surface area contributed by atoms with Gasteiger partial charge in [-0.1, -0.05) is 0 Å². The summed E-state index contributed by atoms with van der Waals surface area (Å²) in [5, 5.41) is 3.20. The lowest BCUT2D eigenvalue weighted by atomic mass is 9.93. The summed E-state index contributed by atoms with van der Waals surface area (Å²) in [6.07, 6.45) is 0.231. The minimum absolute atomic E-state index is 0.0463. The van der Waals surface area contributed by atoms with Gasteiger partial charge in [0.1, 0.15) is 0 Å². The number of methoxy groups -OCH3 is 1. The van der Waals surface area contributed by atoms with Crippen molar-refractivity contribution in [2.24, 2.45) is 11.8 Å². The van der Waals surface area contributed by atoms with Crippen LogP contribution in [0.4, 0.5) is 0 Å². The van der Waals surface area contributed by atoms with Gasteiger partial charge in [0, 0.05) is 19.0 Å². The first kappa shape index (κ1) is 8.01. The van der Waals surface area contributed by atoms with E-state index in [4.69, 9.17) is 9.47 Å². The zero-order valence-electron chi connectivity index (χ0n) is 7.08. The number of nitrogens with one attached hydrogen (secondary N) is 1. The Labute approximate surface area is 71.2 Å². The van der Waals surface area contributed by atoms with Crippen LogP contribution in [0.15, 0.2) is 0 Å². The van der Waals surface area contributed by atoms with Gasteiger partial charge in [-0.3, -0.25) is 4.79 Å². The molecule has 2 saturated heterocycles. The first-order chi connectivity index (χ1) is 5.83. The first-order valence-corrected chi connectivity index (χ1v) is 4.23. The van der Waals surface area contributed by atoms with Gasteiger partial charge in [-0.05, 0) is 0 Å². The van der Waals surface area contributed by atoms with Gasteiger partial charge in [0.05, 0.1) is 25.7 Å². The Morgan fingerprint density at radius 3 is 3.17 bits per heavy atom. The van der Waals surface area contributed by atoms with Gasteiger partial charge in [0.15, 0.2) is 0 Å². The van der Waals surface area contributed by atoms with E-state index in [1.54, 1.807) is 0 Å². The minimum atomic E-state index is -0.133. The fourth-order valence-corrected chi connectivity index (χ4v) is 2.00. The Balaban J connectivity index is 2.04. The van der Waals surface area contributed by atoms with Crippen molar-refractivity contribution in [3.63, 3.8) is 0 Å². The summed E-state index contributed by atoms with van der Waals surface area (Å²) in [4.78, 5) is 11.2. The standard InChI is InChI=1S/C8H13NO3/c1-11-8(10)6-4-12-7-3-9-2-5(6)7/h5-7,9H,2-4H2,1H3/t5-,6-,7-/m1/s1. The number of hydrogen-bond donors (Lipinski definition) is 1. The van der Waals surface area contributed by atoms with Crippen molar-refractivity contribution in [1.82, 2.24) is 5.32 Å². The highest BCUT2D eigenvalue weighted by Crippen LogP contribution is 2.30. The molecule has 0 aromatic heterocycles. The van der Waals surface area contributed by atoms with Crippen LogP contribution in [0.5, 0.6) is 0 Å². The lowest BCUT2D eigenvalue weighted by Crippen LogP contribution is -2.27. The topological polar surface area (TPSA) is 47.6 Å². The summed E-state index contributed by atoms with van der Waals surface area (Å²) in [6.45, 7) is 2.28. The van der Waals surface area contributed by atoms with Gasteiger partial charge in [-0.2, -0.15) is 0 Å². The van der Waals surface area contributed by atoms with Crippen LogP contribution >= 0.6 is 0 Å². The number of ether oxygens (including phenoxy) is 2. The van der Waals surface area contributed by atoms with E-state index in [2.05, 4.69) is 5.32 Å². The SMILES string of the molecule is COC(=O)[C@@H]1CO[C@@H]2CNC[C@@H]21. The van der Waals surface area contributed by atoms with Crippen LogP contribution in [0.1, 0.15) is 0 Å². The van der Waals surface area contributed by atoms with Gasteiger partial charge in [0.25, 0.3) is 0 Å². The Bertz CT molecular complexity index is 195.